The number of para-hydroxylation sites is 1. The lowest BCUT2D eigenvalue weighted by atomic mass is 10.1. The van der Waals surface area contributed by atoms with E-state index in [2.05, 4.69) is 11.4 Å². The normalized spacial score (nSPS) is 27.6. The molecule has 2 aliphatic rings. The van der Waals surface area contributed by atoms with Crippen LogP contribution in [-0.4, -0.2) is 42.1 Å². The van der Waals surface area contributed by atoms with Crippen molar-refractivity contribution in [1.82, 2.24) is 10.2 Å². The van der Waals surface area contributed by atoms with Crippen LogP contribution in [-0.2, 0) is 4.79 Å². The topological polar surface area (TPSA) is 65.4 Å². The molecule has 2 saturated heterocycles. The van der Waals surface area contributed by atoms with Gasteiger partial charge in [0.15, 0.2) is 0 Å². The number of hydrogen-bond acceptors (Lipinski definition) is 4. The molecule has 0 bridgehead atoms. The van der Waals surface area contributed by atoms with Crippen LogP contribution in [0.4, 0.5) is 0 Å². The summed E-state index contributed by atoms with van der Waals surface area (Å²) in [7, 11) is 0. The number of nitriles is 1. The van der Waals surface area contributed by atoms with Crippen LogP contribution in [0.1, 0.15) is 25.7 Å². The first-order valence-corrected chi connectivity index (χ1v) is 7.92. The van der Waals surface area contributed by atoms with Gasteiger partial charge in [-0.2, -0.15) is 5.26 Å². The third-order valence-electron chi connectivity index (χ3n) is 4.42. The van der Waals surface area contributed by atoms with Crippen molar-refractivity contribution in [1.29, 1.82) is 5.26 Å². The number of benzene rings is 1. The first-order valence-electron chi connectivity index (χ1n) is 7.92. The molecule has 1 amide bonds. The summed E-state index contributed by atoms with van der Waals surface area (Å²) >= 11 is 0. The summed E-state index contributed by atoms with van der Waals surface area (Å²) in [5, 5.41) is 12.5. The van der Waals surface area contributed by atoms with Crippen molar-refractivity contribution >= 4 is 5.91 Å². The second kappa shape index (κ2) is 6.80. The Bertz CT molecular complexity index is 555. The molecule has 1 N–H and O–H groups in total. The van der Waals surface area contributed by atoms with E-state index in [1.807, 2.05) is 30.3 Å². The third-order valence-corrected chi connectivity index (χ3v) is 4.42. The number of rotatable bonds is 4. The Labute approximate surface area is 130 Å². The summed E-state index contributed by atoms with van der Waals surface area (Å²) in [6.45, 7) is 1.27. The molecule has 1 aromatic rings. The lowest BCUT2D eigenvalue weighted by molar-refractivity contribution is -0.133. The highest BCUT2D eigenvalue weighted by atomic mass is 16.5. The Hall–Kier alpha value is -2.06. The number of likely N-dealkylation sites (tertiary alicyclic amines) is 1. The summed E-state index contributed by atoms with van der Waals surface area (Å²) in [6, 6.07) is 11.7. The number of amides is 1. The molecule has 5 heteroatoms. The molecule has 2 heterocycles. The predicted octanol–water partition coefficient (Wildman–Crippen LogP) is 1.70. The highest BCUT2D eigenvalue weighted by molar-refractivity contribution is 5.83. The van der Waals surface area contributed by atoms with Crippen LogP contribution in [0.15, 0.2) is 30.3 Å². The molecule has 116 valence electrons. The van der Waals surface area contributed by atoms with Crippen LogP contribution in [0.5, 0.6) is 5.75 Å². The molecular formula is C17H21N3O2. The van der Waals surface area contributed by atoms with Gasteiger partial charge in [0.1, 0.15) is 18.4 Å². The molecule has 0 aliphatic carbocycles. The van der Waals surface area contributed by atoms with Crippen LogP contribution in [0.3, 0.4) is 0 Å². The van der Waals surface area contributed by atoms with Gasteiger partial charge < -0.3 is 9.64 Å². The minimum atomic E-state index is -0.242. The van der Waals surface area contributed by atoms with Gasteiger partial charge in [0.05, 0.1) is 12.1 Å². The van der Waals surface area contributed by atoms with Gasteiger partial charge in [-0.1, -0.05) is 18.2 Å². The minimum absolute atomic E-state index is 0.0752. The van der Waals surface area contributed by atoms with Crippen molar-refractivity contribution in [2.45, 2.75) is 43.8 Å². The van der Waals surface area contributed by atoms with Crippen molar-refractivity contribution < 1.29 is 9.53 Å². The number of hydrogen-bond donors (Lipinski definition) is 1. The lowest BCUT2D eigenvalue weighted by Gasteiger charge is -2.23. The van der Waals surface area contributed by atoms with Crippen LogP contribution in [0.25, 0.3) is 0 Å². The molecule has 0 unspecified atom stereocenters. The van der Waals surface area contributed by atoms with E-state index < -0.39 is 0 Å². The third kappa shape index (κ3) is 3.23. The van der Waals surface area contributed by atoms with Crippen molar-refractivity contribution in [2.75, 3.05) is 13.2 Å². The summed E-state index contributed by atoms with van der Waals surface area (Å²) < 4.78 is 5.75. The highest BCUT2D eigenvalue weighted by Crippen LogP contribution is 2.22. The zero-order valence-electron chi connectivity index (χ0n) is 12.6. The summed E-state index contributed by atoms with van der Waals surface area (Å²) in [4.78, 5) is 14.2. The Balaban J connectivity index is 1.50. The van der Waals surface area contributed by atoms with E-state index in [0.717, 1.165) is 31.4 Å². The van der Waals surface area contributed by atoms with E-state index in [-0.39, 0.29) is 24.0 Å². The average Bonchev–Trinajstić information content (AvgIpc) is 3.22. The van der Waals surface area contributed by atoms with Crippen molar-refractivity contribution in [2.24, 2.45) is 0 Å². The number of nitrogens with one attached hydrogen (secondary N) is 1. The zero-order valence-corrected chi connectivity index (χ0v) is 12.6. The van der Waals surface area contributed by atoms with E-state index >= 15 is 0 Å². The monoisotopic (exact) mass is 299 g/mol. The summed E-state index contributed by atoms with van der Waals surface area (Å²) in [5.74, 6) is 0.925. The van der Waals surface area contributed by atoms with Gasteiger partial charge >= 0.3 is 0 Å². The van der Waals surface area contributed by atoms with E-state index in [1.165, 1.54) is 0 Å². The van der Waals surface area contributed by atoms with E-state index in [4.69, 9.17) is 10.00 Å². The van der Waals surface area contributed by atoms with Gasteiger partial charge in [0, 0.05) is 12.6 Å². The number of carbonyl (C=O) groups excluding carboxylic acids is 1. The van der Waals surface area contributed by atoms with E-state index in [0.29, 0.717) is 13.2 Å². The Morgan fingerprint density at radius 1 is 1.32 bits per heavy atom. The second-order valence-electron chi connectivity index (χ2n) is 5.94. The van der Waals surface area contributed by atoms with Crippen molar-refractivity contribution in [3.63, 3.8) is 0 Å². The van der Waals surface area contributed by atoms with Crippen molar-refractivity contribution in [3.05, 3.63) is 30.3 Å². The maximum atomic E-state index is 12.5. The molecule has 0 radical (unpaired) electrons. The van der Waals surface area contributed by atoms with Crippen LogP contribution in [0, 0.1) is 11.3 Å². The average molecular weight is 299 g/mol. The Kier molecular flexibility index (Phi) is 4.59. The maximum absolute atomic E-state index is 12.5. The number of nitrogens with zero attached hydrogens (tertiary/aromatic N) is 2. The fraction of sp³-hybridized carbons (Fsp3) is 0.529. The van der Waals surface area contributed by atoms with Crippen LogP contribution < -0.4 is 10.1 Å². The van der Waals surface area contributed by atoms with Crippen LogP contribution in [0.2, 0.25) is 0 Å². The quantitative estimate of drug-likeness (QED) is 0.919. The molecule has 0 saturated carbocycles. The number of ether oxygens (including phenoxy) is 1. The predicted molar refractivity (Wildman–Crippen MR) is 82.2 cm³/mol. The first-order chi connectivity index (χ1) is 10.8. The second-order valence-corrected chi connectivity index (χ2v) is 5.94. The molecular weight excluding hydrogens is 278 g/mol. The standard InChI is InChI=1S/C17H21N3O2/c18-11-14-5-4-10-20(14)17(21)16-9-8-13(19-16)12-22-15-6-2-1-3-7-15/h1-3,6-7,13-14,16,19H,4-5,8-10,12H2/t13-,14+,16+/m1/s1. The summed E-state index contributed by atoms with van der Waals surface area (Å²) in [6.07, 6.45) is 3.47. The summed E-state index contributed by atoms with van der Waals surface area (Å²) in [5.41, 5.74) is 0. The SMILES string of the molecule is N#C[C@@H]1CCCN1C(=O)[C@@H]1CC[C@H](COc2ccccc2)N1. The fourth-order valence-electron chi connectivity index (χ4n) is 3.22. The lowest BCUT2D eigenvalue weighted by Crippen LogP contribution is -2.47. The van der Waals surface area contributed by atoms with Gasteiger partial charge in [-0.3, -0.25) is 10.1 Å². The molecule has 2 aliphatic heterocycles. The van der Waals surface area contributed by atoms with Gasteiger partial charge in [-0.25, -0.2) is 0 Å². The molecule has 0 aromatic heterocycles. The molecule has 3 atom stereocenters. The van der Waals surface area contributed by atoms with Gasteiger partial charge in [0.25, 0.3) is 0 Å². The van der Waals surface area contributed by atoms with E-state index in [9.17, 15) is 4.79 Å². The largest absolute Gasteiger partial charge is 0.492 e. The molecule has 2 fully saturated rings. The van der Waals surface area contributed by atoms with Crippen LogP contribution >= 0.6 is 0 Å². The highest BCUT2D eigenvalue weighted by Gasteiger charge is 2.36. The molecule has 5 nitrogen and oxygen atoms in total. The van der Waals surface area contributed by atoms with Gasteiger partial charge in [0.2, 0.25) is 5.91 Å². The first kappa shape index (κ1) is 14.9. The zero-order chi connectivity index (χ0) is 15.4. The van der Waals surface area contributed by atoms with Gasteiger partial charge in [-0.05, 0) is 37.8 Å². The smallest absolute Gasteiger partial charge is 0.240 e. The Morgan fingerprint density at radius 2 is 2.14 bits per heavy atom. The number of carbonyl (C=O) groups is 1. The minimum Gasteiger partial charge on any atom is -0.492 e. The van der Waals surface area contributed by atoms with Crippen molar-refractivity contribution in [3.8, 4) is 11.8 Å². The molecule has 0 spiro atoms. The fourth-order valence-corrected chi connectivity index (χ4v) is 3.22. The van der Waals surface area contributed by atoms with E-state index in [1.54, 1.807) is 4.90 Å². The molecule has 1 aromatic carbocycles. The molecule has 22 heavy (non-hydrogen) atoms. The molecule has 3 rings (SSSR count). The maximum Gasteiger partial charge on any atom is 0.240 e. The van der Waals surface area contributed by atoms with Gasteiger partial charge in [-0.15, -0.1) is 0 Å². The Morgan fingerprint density at radius 3 is 2.91 bits per heavy atom.